The van der Waals surface area contributed by atoms with Gasteiger partial charge in [-0.2, -0.15) is 0 Å². The standard InChI is InChI=1S/C17H15FN2O2S/c1-21-11-7-8-12(16(9-11)22-2)15-10-23-17(20-15)19-14-6-4-3-5-13(14)18/h3-10H,1-2H3,(H,19,20). The lowest BCUT2D eigenvalue weighted by atomic mass is 10.1. The number of nitrogens with zero attached hydrogens (tertiary/aromatic N) is 1. The summed E-state index contributed by atoms with van der Waals surface area (Å²) in [6, 6.07) is 12.0. The number of para-hydroxylation sites is 1. The fraction of sp³-hybridized carbons (Fsp3) is 0.118. The fourth-order valence-electron chi connectivity index (χ4n) is 2.14. The largest absolute Gasteiger partial charge is 0.497 e. The van der Waals surface area contributed by atoms with Gasteiger partial charge in [0.1, 0.15) is 17.3 Å². The van der Waals surface area contributed by atoms with Crippen LogP contribution in [0, 0.1) is 5.82 Å². The number of hydrogen-bond donors (Lipinski definition) is 1. The Hall–Kier alpha value is -2.60. The molecule has 0 spiro atoms. The number of ether oxygens (including phenoxy) is 2. The number of nitrogens with one attached hydrogen (secondary N) is 1. The van der Waals surface area contributed by atoms with Crippen molar-refractivity contribution in [2.75, 3.05) is 19.5 Å². The summed E-state index contributed by atoms with van der Waals surface area (Å²) >= 11 is 1.40. The Bertz CT molecular complexity index is 820. The third-order valence-electron chi connectivity index (χ3n) is 3.30. The summed E-state index contributed by atoms with van der Waals surface area (Å²) in [5.74, 6) is 1.07. The Morgan fingerprint density at radius 2 is 1.91 bits per heavy atom. The molecule has 0 aliphatic heterocycles. The monoisotopic (exact) mass is 330 g/mol. The number of methoxy groups -OCH3 is 2. The van der Waals surface area contributed by atoms with E-state index >= 15 is 0 Å². The molecule has 1 N–H and O–H groups in total. The number of benzene rings is 2. The van der Waals surface area contributed by atoms with Crippen LogP contribution in [0.5, 0.6) is 11.5 Å². The molecular formula is C17H15FN2O2S. The lowest BCUT2D eigenvalue weighted by molar-refractivity contribution is 0.395. The van der Waals surface area contributed by atoms with Crippen molar-refractivity contribution in [1.82, 2.24) is 4.98 Å². The predicted molar refractivity (Wildman–Crippen MR) is 90.3 cm³/mol. The van der Waals surface area contributed by atoms with Gasteiger partial charge in [-0.3, -0.25) is 0 Å². The molecule has 118 valence electrons. The zero-order valence-corrected chi connectivity index (χ0v) is 13.5. The highest BCUT2D eigenvalue weighted by molar-refractivity contribution is 7.14. The Kier molecular flexibility index (Phi) is 4.43. The highest BCUT2D eigenvalue weighted by Crippen LogP contribution is 2.35. The quantitative estimate of drug-likeness (QED) is 0.736. The third-order valence-corrected chi connectivity index (χ3v) is 4.06. The van der Waals surface area contributed by atoms with Crippen molar-refractivity contribution in [2.24, 2.45) is 0 Å². The first-order valence-electron chi connectivity index (χ1n) is 6.90. The van der Waals surface area contributed by atoms with E-state index in [1.54, 1.807) is 38.5 Å². The molecule has 0 aliphatic rings. The third kappa shape index (κ3) is 3.27. The molecule has 0 amide bonds. The average molecular weight is 330 g/mol. The van der Waals surface area contributed by atoms with E-state index in [-0.39, 0.29) is 5.82 Å². The zero-order chi connectivity index (χ0) is 16.2. The molecule has 0 aliphatic carbocycles. The number of hydrogen-bond acceptors (Lipinski definition) is 5. The maximum absolute atomic E-state index is 13.7. The van der Waals surface area contributed by atoms with Gasteiger partial charge in [-0.1, -0.05) is 12.1 Å². The van der Waals surface area contributed by atoms with Crippen molar-refractivity contribution >= 4 is 22.2 Å². The van der Waals surface area contributed by atoms with Crippen molar-refractivity contribution in [2.45, 2.75) is 0 Å². The molecule has 0 fully saturated rings. The average Bonchev–Trinajstić information content (AvgIpc) is 3.04. The van der Waals surface area contributed by atoms with Crippen LogP contribution in [0.1, 0.15) is 0 Å². The first-order valence-corrected chi connectivity index (χ1v) is 7.78. The molecule has 0 saturated carbocycles. The SMILES string of the molecule is COc1ccc(-c2csc(Nc3ccccc3F)n2)c(OC)c1. The van der Waals surface area contributed by atoms with E-state index < -0.39 is 0 Å². The van der Waals surface area contributed by atoms with Crippen molar-refractivity contribution in [1.29, 1.82) is 0 Å². The van der Waals surface area contributed by atoms with Crippen molar-refractivity contribution < 1.29 is 13.9 Å². The van der Waals surface area contributed by atoms with Gasteiger partial charge in [-0.15, -0.1) is 11.3 Å². The van der Waals surface area contributed by atoms with Gasteiger partial charge in [0, 0.05) is 17.0 Å². The number of halogens is 1. The molecule has 0 unspecified atom stereocenters. The second-order valence-electron chi connectivity index (χ2n) is 4.71. The lowest BCUT2D eigenvalue weighted by Gasteiger charge is -2.08. The van der Waals surface area contributed by atoms with Crippen LogP contribution in [0.3, 0.4) is 0 Å². The normalized spacial score (nSPS) is 10.4. The molecule has 0 atom stereocenters. The smallest absolute Gasteiger partial charge is 0.187 e. The molecule has 0 saturated heterocycles. The van der Waals surface area contributed by atoms with E-state index in [1.807, 2.05) is 17.5 Å². The Balaban J connectivity index is 1.89. The van der Waals surface area contributed by atoms with E-state index in [2.05, 4.69) is 10.3 Å². The first-order chi connectivity index (χ1) is 11.2. The van der Waals surface area contributed by atoms with Crippen LogP contribution in [0.2, 0.25) is 0 Å². The maximum Gasteiger partial charge on any atom is 0.187 e. The number of thiazole rings is 1. The first kappa shape index (κ1) is 15.3. The topological polar surface area (TPSA) is 43.4 Å². The second-order valence-corrected chi connectivity index (χ2v) is 5.57. The van der Waals surface area contributed by atoms with Gasteiger partial charge >= 0.3 is 0 Å². The van der Waals surface area contributed by atoms with Gasteiger partial charge in [-0.05, 0) is 24.3 Å². The van der Waals surface area contributed by atoms with Crippen LogP contribution in [-0.4, -0.2) is 19.2 Å². The van der Waals surface area contributed by atoms with Crippen LogP contribution in [-0.2, 0) is 0 Å². The van der Waals surface area contributed by atoms with Gasteiger partial charge < -0.3 is 14.8 Å². The summed E-state index contributed by atoms with van der Waals surface area (Å²) in [6.45, 7) is 0. The maximum atomic E-state index is 13.7. The van der Waals surface area contributed by atoms with E-state index in [0.717, 1.165) is 11.3 Å². The van der Waals surface area contributed by atoms with Gasteiger partial charge in [-0.25, -0.2) is 9.37 Å². The van der Waals surface area contributed by atoms with Crippen molar-refractivity contribution in [3.63, 3.8) is 0 Å². The molecule has 1 heterocycles. The number of aromatic nitrogens is 1. The molecule has 1 aromatic heterocycles. The minimum absolute atomic E-state index is 0.314. The molecule has 2 aromatic carbocycles. The molecule has 4 nitrogen and oxygen atoms in total. The van der Waals surface area contributed by atoms with Gasteiger partial charge in [0.15, 0.2) is 5.13 Å². The van der Waals surface area contributed by atoms with Gasteiger partial charge in [0.25, 0.3) is 0 Å². The molecule has 23 heavy (non-hydrogen) atoms. The van der Waals surface area contributed by atoms with Crippen LogP contribution in [0.15, 0.2) is 47.8 Å². The Morgan fingerprint density at radius 1 is 1.09 bits per heavy atom. The minimum atomic E-state index is -0.314. The predicted octanol–water partition coefficient (Wildman–Crippen LogP) is 4.71. The Morgan fingerprint density at radius 3 is 2.65 bits per heavy atom. The molecular weight excluding hydrogens is 315 g/mol. The van der Waals surface area contributed by atoms with Crippen LogP contribution < -0.4 is 14.8 Å². The van der Waals surface area contributed by atoms with Crippen LogP contribution >= 0.6 is 11.3 Å². The minimum Gasteiger partial charge on any atom is -0.497 e. The van der Waals surface area contributed by atoms with E-state index in [0.29, 0.717) is 22.3 Å². The second kappa shape index (κ2) is 6.66. The molecule has 0 radical (unpaired) electrons. The van der Waals surface area contributed by atoms with Gasteiger partial charge in [0.2, 0.25) is 0 Å². The molecule has 6 heteroatoms. The fourth-order valence-corrected chi connectivity index (χ4v) is 2.87. The number of anilines is 2. The highest BCUT2D eigenvalue weighted by Gasteiger charge is 2.12. The summed E-state index contributed by atoms with van der Waals surface area (Å²) < 4.78 is 24.3. The summed E-state index contributed by atoms with van der Waals surface area (Å²) in [5.41, 5.74) is 2.01. The zero-order valence-electron chi connectivity index (χ0n) is 12.7. The molecule has 3 rings (SSSR count). The number of rotatable bonds is 5. The summed E-state index contributed by atoms with van der Waals surface area (Å²) in [5, 5.41) is 5.50. The lowest BCUT2D eigenvalue weighted by Crippen LogP contribution is -1.93. The Labute approximate surface area is 137 Å². The molecule has 0 bridgehead atoms. The van der Waals surface area contributed by atoms with E-state index in [4.69, 9.17) is 9.47 Å². The summed E-state index contributed by atoms with van der Waals surface area (Å²) in [4.78, 5) is 4.50. The van der Waals surface area contributed by atoms with E-state index in [9.17, 15) is 4.39 Å². The molecule has 3 aromatic rings. The summed E-state index contributed by atoms with van der Waals surface area (Å²) in [6.07, 6.45) is 0. The van der Waals surface area contributed by atoms with Crippen molar-refractivity contribution in [3.8, 4) is 22.8 Å². The van der Waals surface area contributed by atoms with Gasteiger partial charge in [0.05, 0.1) is 25.6 Å². The van der Waals surface area contributed by atoms with Crippen LogP contribution in [0.4, 0.5) is 15.2 Å². The van der Waals surface area contributed by atoms with Crippen molar-refractivity contribution in [3.05, 3.63) is 53.7 Å². The van der Waals surface area contributed by atoms with E-state index in [1.165, 1.54) is 17.4 Å². The summed E-state index contributed by atoms with van der Waals surface area (Å²) in [7, 11) is 3.21. The van der Waals surface area contributed by atoms with Crippen LogP contribution in [0.25, 0.3) is 11.3 Å². The highest BCUT2D eigenvalue weighted by atomic mass is 32.1.